The zero-order valence-corrected chi connectivity index (χ0v) is 37.6. The summed E-state index contributed by atoms with van der Waals surface area (Å²) in [6, 6.07) is -1.10. The molecule has 0 aliphatic rings. The third kappa shape index (κ3) is 40.4. The lowest BCUT2D eigenvalue weighted by molar-refractivity contribution is -0.142. The van der Waals surface area contributed by atoms with E-state index in [1.54, 1.807) is 6.92 Å². The first kappa shape index (κ1) is 57.5. The maximum atomic E-state index is 12.3. The van der Waals surface area contributed by atoms with Crippen LogP contribution in [0, 0.1) is 5.92 Å². The molecule has 0 bridgehead atoms. The van der Waals surface area contributed by atoms with Gasteiger partial charge in [-0.15, -0.1) is 0 Å². The van der Waals surface area contributed by atoms with Crippen molar-refractivity contribution in [2.24, 2.45) is 5.92 Å². The van der Waals surface area contributed by atoms with Crippen LogP contribution in [0.4, 0.5) is 0 Å². The lowest BCUT2D eigenvalue weighted by atomic mass is 9.95. The normalized spacial score (nSPS) is 12.1. The van der Waals surface area contributed by atoms with Crippen molar-refractivity contribution in [3.8, 4) is 0 Å². The monoisotopic (exact) mass is 872 g/mol. The number of amides is 3. The van der Waals surface area contributed by atoms with Crippen molar-refractivity contribution in [1.29, 1.82) is 0 Å². The van der Waals surface area contributed by atoms with E-state index in [4.69, 9.17) is 24.1 Å². The largest absolute Gasteiger partial charge is 0.481 e. The van der Waals surface area contributed by atoms with Gasteiger partial charge in [0.05, 0.1) is 33.0 Å². The number of unbranched alkanes of at least 4 members (excludes halogenated alkanes) is 14. The number of ketones is 2. The SMILES string of the molecule is CC[C@@H](CCCCNC(=O)COCCOCCNC(=O)COCCOCCCC(=O)CCC(NC(=O)CCCCCCCCCCCCCCCCC(=O)O)C(=O)O)C(C)=O. The smallest absolute Gasteiger partial charge is 0.326 e. The molecule has 0 aromatic rings. The zero-order chi connectivity index (χ0) is 45.2. The number of carboxylic acids is 2. The Balaban J connectivity index is 3.65. The maximum absolute atomic E-state index is 12.3. The van der Waals surface area contributed by atoms with E-state index in [9.17, 15) is 38.7 Å². The number of Topliss-reactive ketones (excluding diaryl/α,β-unsaturated/α-hetero) is 2. The third-order valence-corrected chi connectivity index (χ3v) is 10.3. The Morgan fingerprint density at radius 2 is 0.967 bits per heavy atom. The molecule has 3 amide bonds. The number of rotatable bonds is 46. The van der Waals surface area contributed by atoms with Crippen LogP contribution in [0.3, 0.4) is 0 Å². The summed E-state index contributed by atoms with van der Waals surface area (Å²) in [5.41, 5.74) is 0. The van der Waals surface area contributed by atoms with E-state index in [2.05, 4.69) is 16.0 Å². The minimum absolute atomic E-state index is 0.0380. The molecule has 0 radical (unpaired) electrons. The topological polar surface area (TPSA) is 233 Å². The molecule has 0 aromatic heterocycles. The van der Waals surface area contributed by atoms with Crippen LogP contribution < -0.4 is 16.0 Å². The Bertz CT molecular complexity index is 1190. The summed E-state index contributed by atoms with van der Waals surface area (Å²) in [7, 11) is 0. The fraction of sp³-hybridized carbons (Fsp3) is 0.844. The van der Waals surface area contributed by atoms with Gasteiger partial charge in [0.15, 0.2) is 0 Å². The van der Waals surface area contributed by atoms with Crippen LogP contribution in [-0.4, -0.2) is 123 Å². The number of hydrogen-bond acceptors (Lipinski definition) is 11. The van der Waals surface area contributed by atoms with E-state index in [1.165, 1.54) is 44.9 Å². The molecule has 0 spiro atoms. The average molecular weight is 872 g/mol. The molecule has 0 heterocycles. The second-order valence-corrected chi connectivity index (χ2v) is 15.7. The van der Waals surface area contributed by atoms with Crippen molar-refractivity contribution in [2.75, 3.05) is 65.9 Å². The fourth-order valence-electron chi connectivity index (χ4n) is 6.58. The Kier molecular flexibility index (Phi) is 39.5. The fourth-order valence-corrected chi connectivity index (χ4v) is 6.58. The van der Waals surface area contributed by atoms with Crippen molar-refractivity contribution < 1.29 is 62.7 Å². The van der Waals surface area contributed by atoms with Gasteiger partial charge in [-0.25, -0.2) is 4.79 Å². The summed E-state index contributed by atoms with van der Waals surface area (Å²) in [6.45, 7) is 5.83. The highest BCUT2D eigenvalue weighted by Gasteiger charge is 2.21. The van der Waals surface area contributed by atoms with Gasteiger partial charge in [-0.3, -0.25) is 28.8 Å². The molecule has 0 fully saturated rings. The van der Waals surface area contributed by atoms with Crippen molar-refractivity contribution in [3.63, 3.8) is 0 Å². The highest BCUT2D eigenvalue weighted by atomic mass is 16.5. The molecule has 1 unspecified atom stereocenters. The number of carbonyl (C=O) groups excluding carboxylic acids is 5. The van der Waals surface area contributed by atoms with Crippen LogP contribution in [-0.2, 0) is 52.5 Å². The molecule has 0 saturated carbocycles. The van der Waals surface area contributed by atoms with Crippen LogP contribution in [0.2, 0.25) is 0 Å². The summed E-state index contributed by atoms with van der Waals surface area (Å²) in [5.74, 6) is -2.46. The molecule has 0 rings (SSSR count). The Morgan fingerprint density at radius 3 is 1.48 bits per heavy atom. The van der Waals surface area contributed by atoms with Gasteiger partial charge < -0.3 is 45.1 Å². The Hall–Kier alpha value is -3.47. The Morgan fingerprint density at radius 1 is 0.475 bits per heavy atom. The summed E-state index contributed by atoms with van der Waals surface area (Å²) in [6.07, 6.45) is 19.8. The summed E-state index contributed by atoms with van der Waals surface area (Å²) in [5, 5.41) is 26.2. The standard InChI is InChI=1S/C45H81N3O13/c1-3-38(37(2)49)21-18-19-27-46-42(52)35-61-34-32-59-30-28-47-43(53)36-60-33-31-58-29-20-22-39(50)25-26-40(45(56)57)48-41(51)23-16-14-12-10-8-6-4-5-7-9-11-13-15-17-24-44(54)55/h38,40H,3-36H2,1-2H3,(H,46,52)(H,47,53)(H,48,51)(H,54,55)(H,56,57)/t38-,40?/m0/s1. The second-order valence-electron chi connectivity index (χ2n) is 15.7. The number of ether oxygens (including phenoxy) is 4. The van der Waals surface area contributed by atoms with Gasteiger partial charge in [0.1, 0.15) is 30.8 Å². The van der Waals surface area contributed by atoms with Crippen molar-refractivity contribution in [3.05, 3.63) is 0 Å². The highest BCUT2D eigenvalue weighted by Crippen LogP contribution is 2.15. The van der Waals surface area contributed by atoms with E-state index in [0.29, 0.717) is 32.5 Å². The van der Waals surface area contributed by atoms with Crippen molar-refractivity contribution in [1.82, 2.24) is 16.0 Å². The van der Waals surface area contributed by atoms with Gasteiger partial charge in [-0.05, 0) is 51.9 Å². The maximum Gasteiger partial charge on any atom is 0.326 e. The van der Waals surface area contributed by atoms with E-state index in [1.807, 2.05) is 6.92 Å². The number of carboxylic acid groups (broad SMARTS) is 2. The molecular formula is C45H81N3O13. The van der Waals surface area contributed by atoms with E-state index in [0.717, 1.165) is 64.2 Å². The van der Waals surface area contributed by atoms with Crippen LogP contribution in [0.15, 0.2) is 0 Å². The molecule has 0 aliphatic carbocycles. The van der Waals surface area contributed by atoms with Gasteiger partial charge in [-0.2, -0.15) is 0 Å². The molecule has 0 aliphatic heterocycles. The highest BCUT2D eigenvalue weighted by molar-refractivity contribution is 5.84. The lowest BCUT2D eigenvalue weighted by Crippen LogP contribution is -2.41. The Labute approximate surface area is 365 Å². The molecule has 2 atom stereocenters. The van der Waals surface area contributed by atoms with Crippen LogP contribution in [0.1, 0.15) is 168 Å². The first-order chi connectivity index (χ1) is 29.5. The lowest BCUT2D eigenvalue weighted by Gasteiger charge is -2.14. The number of carbonyl (C=O) groups is 7. The molecule has 16 heteroatoms. The van der Waals surface area contributed by atoms with Gasteiger partial charge in [-0.1, -0.05) is 90.4 Å². The van der Waals surface area contributed by atoms with Gasteiger partial charge >= 0.3 is 11.9 Å². The second kappa shape index (κ2) is 41.9. The third-order valence-electron chi connectivity index (χ3n) is 10.3. The van der Waals surface area contributed by atoms with E-state index >= 15 is 0 Å². The van der Waals surface area contributed by atoms with Crippen LogP contribution >= 0.6 is 0 Å². The van der Waals surface area contributed by atoms with Crippen molar-refractivity contribution >= 4 is 41.2 Å². The zero-order valence-electron chi connectivity index (χ0n) is 37.6. The average Bonchev–Trinajstić information content (AvgIpc) is 3.22. The summed E-state index contributed by atoms with van der Waals surface area (Å²) < 4.78 is 21.5. The first-order valence-corrected chi connectivity index (χ1v) is 23.1. The summed E-state index contributed by atoms with van der Waals surface area (Å²) in [4.78, 5) is 82.1. The van der Waals surface area contributed by atoms with Gasteiger partial charge in [0, 0.05) is 51.3 Å². The molecular weight excluding hydrogens is 791 g/mol. The van der Waals surface area contributed by atoms with Crippen LogP contribution in [0.5, 0.6) is 0 Å². The number of hydrogen-bond donors (Lipinski definition) is 5. The summed E-state index contributed by atoms with van der Waals surface area (Å²) >= 11 is 0. The predicted molar refractivity (Wildman–Crippen MR) is 232 cm³/mol. The van der Waals surface area contributed by atoms with E-state index in [-0.39, 0.29) is 114 Å². The first-order valence-electron chi connectivity index (χ1n) is 23.1. The van der Waals surface area contributed by atoms with Gasteiger partial charge in [0.25, 0.3) is 0 Å². The molecule has 0 saturated heterocycles. The molecule has 16 nitrogen and oxygen atoms in total. The van der Waals surface area contributed by atoms with Gasteiger partial charge in [0.2, 0.25) is 17.7 Å². The van der Waals surface area contributed by atoms with Crippen LogP contribution in [0.25, 0.3) is 0 Å². The molecule has 5 N–H and O–H groups in total. The molecule has 61 heavy (non-hydrogen) atoms. The molecule has 354 valence electrons. The number of nitrogens with one attached hydrogen (secondary N) is 3. The molecule has 0 aromatic carbocycles. The number of aliphatic carboxylic acids is 2. The minimum atomic E-state index is -1.15. The minimum Gasteiger partial charge on any atom is -0.481 e. The van der Waals surface area contributed by atoms with Crippen molar-refractivity contribution in [2.45, 2.75) is 174 Å². The predicted octanol–water partition coefficient (Wildman–Crippen LogP) is 6.10. The quantitative estimate of drug-likeness (QED) is 0.0436. The van der Waals surface area contributed by atoms with E-state index < -0.39 is 18.0 Å².